The third-order valence-corrected chi connectivity index (χ3v) is 7.52. The fraction of sp³-hybridized carbons (Fsp3) is 0.696. The molecule has 2 fully saturated rings. The average Bonchev–Trinajstić information content (AvgIpc) is 2.68. The van der Waals surface area contributed by atoms with Gasteiger partial charge in [-0.2, -0.15) is 0 Å². The van der Waals surface area contributed by atoms with Gasteiger partial charge in [0.05, 0.1) is 6.10 Å². The molecule has 2 aliphatic rings. The van der Waals surface area contributed by atoms with E-state index in [2.05, 4.69) is 29.5 Å². The highest BCUT2D eigenvalue weighted by Gasteiger charge is 2.53. The molecule has 0 aromatic carbocycles. The lowest BCUT2D eigenvalue weighted by Gasteiger charge is -2.56. The molecule has 1 heterocycles. The van der Waals surface area contributed by atoms with Crippen LogP contribution in [0.2, 0.25) is 0 Å². The largest absolute Gasteiger partial charge is 0.392 e. The molecule has 7 atom stereocenters. The van der Waals surface area contributed by atoms with Crippen molar-refractivity contribution in [2.24, 2.45) is 29.1 Å². The van der Waals surface area contributed by atoms with E-state index in [0.29, 0.717) is 6.54 Å². The van der Waals surface area contributed by atoms with Gasteiger partial charge in [0.15, 0.2) is 0 Å². The van der Waals surface area contributed by atoms with Gasteiger partial charge < -0.3 is 15.7 Å². The molecule has 1 aromatic heterocycles. The van der Waals surface area contributed by atoms with Crippen molar-refractivity contribution in [2.45, 2.75) is 72.1 Å². The van der Waals surface area contributed by atoms with Gasteiger partial charge in [-0.25, -0.2) is 0 Å². The van der Waals surface area contributed by atoms with Crippen LogP contribution in [0.15, 0.2) is 24.5 Å². The van der Waals surface area contributed by atoms with E-state index in [-0.39, 0.29) is 46.9 Å². The number of aliphatic hydroxyl groups excluding tert-OH is 1. The number of hydrogen-bond acceptors (Lipinski definition) is 4. The molecule has 0 radical (unpaired) electrons. The number of carbonyl (C=O) groups excluding carboxylic acids is 2. The summed E-state index contributed by atoms with van der Waals surface area (Å²) in [5.74, 6) is -0.111. The van der Waals surface area contributed by atoms with Crippen molar-refractivity contribution in [2.75, 3.05) is 0 Å². The van der Waals surface area contributed by atoms with Crippen molar-refractivity contribution in [3.8, 4) is 0 Å². The Morgan fingerprint density at radius 2 is 2.07 bits per heavy atom. The highest BCUT2D eigenvalue weighted by atomic mass is 16.3. The summed E-state index contributed by atoms with van der Waals surface area (Å²) in [4.78, 5) is 28.5. The molecule has 2 amide bonds. The summed E-state index contributed by atoms with van der Waals surface area (Å²) >= 11 is 0. The number of amides is 2. The second-order valence-electron chi connectivity index (χ2n) is 9.45. The highest BCUT2D eigenvalue weighted by Crippen LogP contribution is 2.55. The van der Waals surface area contributed by atoms with Crippen molar-refractivity contribution < 1.29 is 14.7 Å². The Morgan fingerprint density at radius 1 is 1.34 bits per heavy atom. The molecular weight excluding hydrogens is 366 g/mol. The summed E-state index contributed by atoms with van der Waals surface area (Å²) in [5.41, 5.74) is 1.03. The Hall–Kier alpha value is -1.95. The zero-order chi connectivity index (χ0) is 21.2. The molecule has 0 aliphatic heterocycles. The fourth-order valence-electron chi connectivity index (χ4n) is 5.81. The first-order valence-corrected chi connectivity index (χ1v) is 10.8. The molecule has 6 heteroatoms. The van der Waals surface area contributed by atoms with E-state index in [9.17, 15) is 14.7 Å². The van der Waals surface area contributed by atoms with Crippen LogP contribution in [0.3, 0.4) is 0 Å². The molecule has 0 bridgehead atoms. The minimum Gasteiger partial charge on any atom is -0.392 e. The van der Waals surface area contributed by atoms with Crippen LogP contribution in [-0.4, -0.2) is 34.1 Å². The van der Waals surface area contributed by atoms with Crippen LogP contribution < -0.4 is 10.6 Å². The lowest BCUT2D eigenvalue weighted by atomic mass is 9.51. The van der Waals surface area contributed by atoms with Crippen LogP contribution in [0.1, 0.15) is 58.9 Å². The molecule has 160 valence electrons. The van der Waals surface area contributed by atoms with Crippen molar-refractivity contribution in [3.63, 3.8) is 0 Å². The molecule has 6 nitrogen and oxygen atoms in total. The van der Waals surface area contributed by atoms with Crippen molar-refractivity contribution in [1.82, 2.24) is 15.6 Å². The number of rotatable bonds is 5. The number of nitrogens with zero attached hydrogens (tertiary/aromatic N) is 1. The molecule has 3 rings (SSSR count). The third kappa shape index (κ3) is 4.63. The van der Waals surface area contributed by atoms with E-state index < -0.39 is 6.10 Å². The predicted octanol–water partition coefficient (Wildman–Crippen LogP) is 2.66. The molecule has 2 aliphatic carbocycles. The number of nitrogens with one attached hydrogen (secondary N) is 2. The number of pyridine rings is 1. The molecule has 3 N–H and O–H groups in total. The number of aromatic nitrogens is 1. The molecular formula is C23H35N3O3. The first-order chi connectivity index (χ1) is 13.7. The smallest absolute Gasteiger partial charge is 0.223 e. The molecule has 2 saturated carbocycles. The summed E-state index contributed by atoms with van der Waals surface area (Å²) < 4.78 is 0. The van der Waals surface area contributed by atoms with Gasteiger partial charge >= 0.3 is 0 Å². The third-order valence-electron chi connectivity index (χ3n) is 7.52. The Labute approximate surface area is 173 Å². The van der Waals surface area contributed by atoms with Crippen LogP contribution in [0.4, 0.5) is 0 Å². The van der Waals surface area contributed by atoms with Gasteiger partial charge in [0.25, 0.3) is 0 Å². The average molecular weight is 402 g/mol. The topological polar surface area (TPSA) is 91.3 Å². The Bertz CT molecular complexity index is 725. The summed E-state index contributed by atoms with van der Waals surface area (Å²) in [6, 6.07) is 3.88. The molecule has 0 spiro atoms. The minimum absolute atomic E-state index is 0.0181. The van der Waals surface area contributed by atoms with E-state index >= 15 is 0 Å². The van der Waals surface area contributed by atoms with Crippen LogP contribution in [0.5, 0.6) is 0 Å². The van der Waals surface area contributed by atoms with Gasteiger partial charge in [0.2, 0.25) is 11.8 Å². The van der Waals surface area contributed by atoms with Crippen molar-refractivity contribution in [3.05, 3.63) is 30.1 Å². The zero-order valence-electron chi connectivity index (χ0n) is 18.0. The van der Waals surface area contributed by atoms with E-state index in [1.165, 1.54) is 0 Å². The van der Waals surface area contributed by atoms with E-state index in [0.717, 1.165) is 31.2 Å². The number of carbonyl (C=O) groups is 2. The molecule has 1 unspecified atom stereocenters. The molecule has 1 aromatic rings. The lowest BCUT2D eigenvalue weighted by Crippen LogP contribution is -2.58. The van der Waals surface area contributed by atoms with Gasteiger partial charge in [-0.1, -0.05) is 26.8 Å². The van der Waals surface area contributed by atoms with E-state index in [1.807, 2.05) is 19.1 Å². The van der Waals surface area contributed by atoms with Gasteiger partial charge in [-0.05, 0) is 60.5 Å². The standard InChI is InChI=1S/C23H35N3O3/c1-14(22(29)25-13-17-6-5-11-24-12-17)18-7-9-23(4)10-8-19(26-16(3)27)15(2)20(23)21(18)28/h5-6,11-12,14-15,18-21,28H,7-10,13H2,1-4H3,(H,25,29)(H,26,27)/t14-,15+,18?,19-,20+,21-,23-/m0/s1. The Balaban J connectivity index is 1.67. The SMILES string of the molecule is CC(=O)N[C@H]1CC[C@]2(C)CCC([C@H](C)C(=O)NCc3cccnc3)[C@H](O)[C@H]2[C@@H]1C. The van der Waals surface area contributed by atoms with Gasteiger partial charge in [0.1, 0.15) is 0 Å². The molecule has 0 saturated heterocycles. The van der Waals surface area contributed by atoms with Crippen molar-refractivity contribution in [1.29, 1.82) is 0 Å². The van der Waals surface area contributed by atoms with Gasteiger partial charge in [-0.3, -0.25) is 14.6 Å². The first kappa shape index (κ1) is 21.8. The van der Waals surface area contributed by atoms with E-state index in [4.69, 9.17) is 0 Å². The zero-order valence-corrected chi connectivity index (χ0v) is 18.0. The first-order valence-electron chi connectivity index (χ1n) is 10.8. The number of fused-ring (bicyclic) bond motifs is 1. The van der Waals surface area contributed by atoms with Crippen molar-refractivity contribution >= 4 is 11.8 Å². The van der Waals surface area contributed by atoms with Gasteiger partial charge in [0, 0.05) is 37.8 Å². The summed E-state index contributed by atoms with van der Waals surface area (Å²) in [5, 5.41) is 17.4. The van der Waals surface area contributed by atoms with Crippen LogP contribution in [0, 0.1) is 29.1 Å². The molecule has 29 heavy (non-hydrogen) atoms. The second-order valence-corrected chi connectivity index (χ2v) is 9.45. The van der Waals surface area contributed by atoms with Crippen LogP contribution in [0.25, 0.3) is 0 Å². The van der Waals surface area contributed by atoms with E-state index in [1.54, 1.807) is 19.3 Å². The number of aliphatic hydroxyl groups is 1. The van der Waals surface area contributed by atoms with Crippen LogP contribution >= 0.6 is 0 Å². The maximum atomic E-state index is 12.8. The summed E-state index contributed by atoms with van der Waals surface area (Å²) in [6.07, 6.45) is 6.73. The Kier molecular flexibility index (Phi) is 6.62. The van der Waals surface area contributed by atoms with Crippen LogP contribution in [-0.2, 0) is 16.1 Å². The quantitative estimate of drug-likeness (QED) is 0.707. The number of hydrogen-bond donors (Lipinski definition) is 3. The summed E-state index contributed by atoms with van der Waals surface area (Å²) in [7, 11) is 0. The lowest BCUT2D eigenvalue weighted by molar-refractivity contribution is -0.143. The highest BCUT2D eigenvalue weighted by molar-refractivity contribution is 5.78. The second kappa shape index (κ2) is 8.82. The summed E-state index contributed by atoms with van der Waals surface area (Å²) in [6.45, 7) is 8.33. The Morgan fingerprint density at radius 3 is 2.72 bits per heavy atom. The maximum absolute atomic E-state index is 12.8. The maximum Gasteiger partial charge on any atom is 0.223 e. The minimum atomic E-state index is -0.542. The monoisotopic (exact) mass is 401 g/mol. The predicted molar refractivity (Wildman–Crippen MR) is 112 cm³/mol. The normalized spacial score (nSPS) is 35.3. The van der Waals surface area contributed by atoms with Gasteiger partial charge in [-0.15, -0.1) is 0 Å². The fourth-order valence-corrected chi connectivity index (χ4v) is 5.81.